The largest absolute Gasteiger partial charge is 0.336 e. The number of hydrogen-bond acceptors (Lipinski definition) is 5. The van der Waals surface area contributed by atoms with Crippen LogP contribution in [0.1, 0.15) is 21.6 Å². The van der Waals surface area contributed by atoms with Gasteiger partial charge in [-0.25, -0.2) is 13.1 Å². The van der Waals surface area contributed by atoms with Crippen molar-refractivity contribution in [2.75, 3.05) is 26.2 Å². The molecule has 2 aromatic carbocycles. The fraction of sp³-hybridized carbons (Fsp3) is 0.227. The molecule has 1 aliphatic rings. The number of carbonyl (C=O) groups excluding carboxylic acids is 1. The molecule has 9 heteroatoms. The Kier molecular flexibility index (Phi) is 5.59. The zero-order chi connectivity index (χ0) is 22.0. The second-order valence-corrected chi connectivity index (χ2v) is 9.10. The van der Waals surface area contributed by atoms with E-state index in [1.54, 1.807) is 27.9 Å². The molecule has 1 fully saturated rings. The Morgan fingerprint density at radius 3 is 2.32 bits per heavy atom. The maximum Gasteiger partial charge on any atom is 0.257 e. The van der Waals surface area contributed by atoms with Gasteiger partial charge in [0.05, 0.1) is 33.6 Å². The fourth-order valence-corrected chi connectivity index (χ4v) is 5.24. The van der Waals surface area contributed by atoms with Crippen LogP contribution in [0.3, 0.4) is 0 Å². The van der Waals surface area contributed by atoms with Gasteiger partial charge < -0.3 is 4.90 Å². The monoisotopic (exact) mass is 435 g/mol. The van der Waals surface area contributed by atoms with Crippen LogP contribution < -0.4 is 0 Å². The van der Waals surface area contributed by atoms with Crippen molar-refractivity contribution < 1.29 is 13.2 Å². The van der Waals surface area contributed by atoms with E-state index in [0.29, 0.717) is 5.56 Å². The number of rotatable bonds is 4. The first-order valence-electron chi connectivity index (χ1n) is 9.82. The molecular formula is C22H21N5O3S. The van der Waals surface area contributed by atoms with Crippen molar-refractivity contribution in [2.24, 2.45) is 0 Å². The Labute approximate surface area is 181 Å². The average Bonchev–Trinajstić information content (AvgIpc) is 3.20. The summed E-state index contributed by atoms with van der Waals surface area (Å²) in [6, 6.07) is 17.6. The molecule has 3 aromatic rings. The number of para-hydroxylation sites is 1. The van der Waals surface area contributed by atoms with Gasteiger partial charge in [0.25, 0.3) is 5.91 Å². The fourth-order valence-electron chi connectivity index (χ4n) is 3.67. The molecule has 0 radical (unpaired) electrons. The number of sulfonamides is 1. The highest BCUT2D eigenvalue weighted by atomic mass is 32.2. The highest BCUT2D eigenvalue weighted by Gasteiger charge is 2.32. The third-order valence-electron chi connectivity index (χ3n) is 5.39. The van der Waals surface area contributed by atoms with Crippen LogP contribution in [0.15, 0.2) is 65.7 Å². The van der Waals surface area contributed by atoms with Crippen LogP contribution in [-0.2, 0) is 10.0 Å². The maximum atomic E-state index is 13.1. The van der Waals surface area contributed by atoms with Crippen molar-refractivity contribution in [2.45, 2.75) is 11.8 Å². The molecule has 158 valence electrons. The molecule has 1 amide bonds. The molecule has 0 unspecified atom stereocenters. The van der Waals surface area contributed by atoms with Crippen LogP contribution >= 0.6 is 0 Å². The summed E-state index contributed by atoms with van der Waals surface area (Å²) in [4.78, 5) is 14.7. The van der Waals surface area contributed by atoms with E-state index in [1.165, 1.54) is 16.4 Å². The van der Waals surface area contributed by atoms with Gasteiger partial charge in [-0.15, -0.1) is 0 Å². The molecule has 0 atom stereocenters. The molecule has 1 aliphatic heterocycles. The Hall–Kier alpha value is -3.48. The number of piperazine rings is 1. The molecule has 8 nitrogen and oxygen atoms in total. The van der Waals surface area contributed by atoms with E-state index >= 15 is 0 Å². The number of carbonyl (C=O) groups is 1. The molecule has 0 aliphatic carbocycles. The van der Waals surface area contributed by atoms with E-state index in [1.807, 2.05) is 43.3 Å². The smallest absolute Gasteiger partial charge is 0.257 e. The normalized spacial score (nSPS) is 14.9. The van der Waals surface area contributed by atoms with E-state index in [-0.39, 0.29) is 42.5 Å². The topological polar surface area (TPSA) is 99.3 Å². The summed E-state index contributed by atoms with van der Waals surface area (Å²) in [6.07, 6.45) is 1.55. The minimum Gasteiger partial charge on any atom is -0.336 e. The van der Waals surface area contributed by atoms with Crippen molar-refractivity contribution in [3.05, 3.63) is 77.6 Å². The van der Waals surface area contributed by atoms with Gasteiger partial charge in [0.2, 0.25) is 10.0 Å². The summed E-state index contributed by atoms with van der Waals surface area (Å²) in [5.74, 6) is -0.172. The zero-order valence-corrected chi connectivity index (χ0v) is 17.8. The lowest BCUT2D eigenvalue weighted by atomic mass is 10.2. The lowest BCUT2D eigenvalue weighted by Gasteiger charge is -2.34. The Balaban J connectivity index is 1.49. The predicted molar refractivity (Wildman–Crippen MR) is 114 cm³/mol. The van der Waals surface area contributed by atoms with E-state index < -0.39 is 10.0 Å². The SMILES string of the molecule is Cc1c(C(=O)N2CCN(S(=O)(=O)c3ccccc3C#N)CC2)cnn1-c1ccccc1. The summed E-state index contributed by atoms with van der Waals surface area (Å²) in [7, 11) is -3.80. The average molecular weight is 436 g/mol. The van der Waals surface area contributed by atoms with Gasteiger partial charge >= 0.3 is 0 Å². The highest BCUT2D eigenvalue weighted by molar-refractivity contribution is 7.89. The summed E-state index contributed by atoms with van der Waals surface area (Å²) >= 11 is 0. The number of benzene rings is 2. The molecule has 0 saturated carbocycles. The van der Waals surface area contributed by atoms with Crippen LogP contribution in [0.5, 0.6) is 0 Å². The van der Waals surface area contributed by atoms with Crippen molar-refractivity contribution in [1.82, 2.24) is 19.0 Å². The molecule has 0 spiro atoms. The van der Waals surface area contributed by atoms with Crippen molar-refractivity contribution >= 4 is 15.9 Å². The van der Waals surface area contributed by atoms with Crippen LogP contribution in [0, 0.1) is 18.3 Å². The van der Waals surface area contributed by atoms with E-state index in [0.717, 1.165) is 11.4 Å². The third-order valence-corrected chi connectivity index (χ3v) is 7.35. The van der Waals surface area contributed by atoms with Gasteiger partial charge in [0, 0.05) is 26.2 Å². The molecule has 1 saturated heterocycles. The number of aromatic nitrogens is 2. The summed E-state index contributed by atoms with van der Waals surface area (Å²) in [5, 5.41) is 13.6. The highest BCUT2D eigenvalue weighted by Crippen LogP contribution is 2.22. The van der Waals surface area contributed by atoms with Gasteiger partial charge in [-0.3, -0.25) is 4.79 Å². The zero-order valence-electron chi connectivity index (χ0n) is 17.0. The minimum atomic E-state index is -3.80. The minimum absolute atomic E-state index is 0.00254. The second kappa shape index (κ2) is 8.34. The first-order chi connectivity index (χ1) is 14.9. The molecule has 1 aromatic heterocycles. The summed E-state index contributed by atoms with van der Waals surface area (Å²) in [5.41, 5.74) is 2.21. The second-order valence-electron chi connectivity index (χ2n) is 7.20. The standard InChI is InChI=1S/C22H21N5O3S/c1-17-20(16-24-27(17)19-8-3-2-4-9-19)22(28)25-11-13-26(14-12-25)31(29,30)21-10-6-5-7-18(21)15-23/h2-10,16H,11-14H2,1H3. The van der Waals surface area contributed by atoms with Crippen molar-refractivity contribution in [3.8, 4) is 11.8 Å². The lowest BCUT2D eigenvalue weighted by molar-refractivity contribution is 0.0697. The van der Waals surface area contributed by atoms with Gasteiger partial charge in [-0.2, -0.15) is 14.7 Å². The predicted octanol–water partition coefficient (Wildman–Crippen LogP) is 2.20. The Morgan fingerprint density at radius 2 is 1.65 bits per heavy atom. The lowest BCUT2D eigenvalue weighted by Crippen LogP contribution is -2.50. The summed E-state index contributed by atoms with van der Waals surface area (Å²) in [6.45, 7) is 2.71. The van der Waals surface area contributed by atoms with Crippen molar-refractivity contribution in [3.63, 3.8) is 0 Å². The first kappa shape index (κ1) is 20.8. The van der Waals surface area contributed by atoms with Crippen LogP contribution in [0.4, 0.5) is 0 Å². The Morgan fingerprint density at radius 1 is 1.00 bits per heavy atom. The van der Waals surface area contributed by atoms with E-state index in [9.17, 15) is 18.5 Å². The van der Waals surface area contributed by atoms with Crippen LogP contribution in [0.25, 0.3) is 5.69 Å². The number of hydrogen-bond donors (Lipinski definition) is 0. The number of nitriles is 1. The number of amides is 1. The number of nitrogens with zero attached hydrogens (tertiary/aromatic N) is 5. The van der Waals surface area contributed by atoms with Crippen LogP contribution in [-0.4, -0.2) is 59.5 Å². The Bertz CT molecular complexity index is 1250. The van der Waals surface area contributed by atoms with Gasteiger partial charge in [-0.1, -0.05) is 30.3 Å². The molecule has 4 rings (SSSR count). The third kappa shape index (κ3) is 3.83. The summed E-state index contributed by atoms with van der Waals surface area (Å²) < 4.78 is 29.0. The van der Waals surface area contributed by atoms with Gasteiger partial charge in [0.15, 0.2) is 0 Å². The molecule has 31 heavy (non-hydrogen) atoms. The quantitative estimate of drug-likeness (QED) is 0.626. The van der Waals surface area contributed by atoms with E-state index in [2.05, 4.69) is 5.10 Å². The molecular weight excluding hydrogens is 414 g/mol. The molecule has 0 N–H and O–H groups in total. The molecule has 2 heterocycles. The molecule has 0 bridgehead atoms. The van der Waals surface area contributed by atoms with Gasteiger partial charge in [-0.05, 0) is 31.2 Å². The van der Waals surface area contributed by atoms with Gasteiger partial charge in [0.1, 0.15) is 6.07 Å². The van der Waals surface area contributed by atoms with Crippen LogP contribution in [0.2, 0.25) is 0 Å². The first-order valence-corrected chi connectivity index (χ1v) is 11.3. The van der Waals surface area contributed by atoms with Crippen molar-refractivity contribution in [1.29, 1.82) is 5.26 Å². The maximum absolute atomic E-state index is 13.1. The van der Waals surface area contributed by atoms with E-state index in [4.69, 9.17) is 0 Å².